The number of hydrogen-bond acceptors (Lipinski definition) is 9. The maximum Gasteiger partial charge on any atom is 0.270 e. The molecule has 0 saturated carbocycles. The molecule has 0 spiro atoms. The van der Waals surface area contributed by atoms with Crippen LogP contribution in [0.25, 0.3) is 0 Å². The minimum atomic E-state index is -0.829. The van der Waals surface area contributed by atoms with Gasteiger partial charge >= 0.3 is 0 Å². The molecular formula is C37H34ClF3N6O7. The van der Waals surface area contributed by atoms with Gasteiger partial charge in [0, 0.05) is 87.9 Å². The van der Waals surface area contributed by atoms with Crippen LogP contribution in [0.2, 0.25) is 5.02 Å². The van der Waals surface area contributed by atoms with Gasteiger partial charge in [0.05, 0.1) is 31.7 Å². The maximum absolute atomic E-state index is 14.5. The average Bonchev–Trinajstić information content (AvgIpc) is 3.16. The Morgan fingerprint density at radius 1 is 0.630 bits per heavy atom. The van der Waals surface area contributed by atoms with Crippen LogP contribution < -0.4 is 9.80 Å². The summed E-state index contributed by atoms with van der Waals surface area (Å²) in [5.74, 6) is -2.84. The summed E-state index contributed by atoms with van der Waals surface area (Å²) in [5, 5.41) is 22.0. The highest BCUT2D eigenvalue weighted by atomic mass is 35.5. The van der Waals surface area contributed by atoms with E-state index in [-0.39, 0.29) is 58.1 Å². The Balaban J connectivity index is 0.000000210. The van der Waals surface area contributed by atoms with Crippen LogP contribution in [0, 0.1) is 44.6 Å². The van der Waals surface area contributed by atoms with Gasteiger partial charge in [0.1, 0.15) is 17.5 Å². The zero-order chi connectivity index (χ0) is 39.3. The first-order valence-electron chi connectivity index (χ1n) is 16.7. The van der Waals surface area contributed by atoms with Gasteiger partial charge < -0.3 is 19.6 Å². The summed E-state index contributed by atoms with van der Waals surface area (Å²) in [6, 6.07) is 15.7. The van der Waals surface area contributed by atoms with Crippen molar-refractivity contribution in [1.82, 2.24) is 9.80 Å². The second-order valence-electron chi connectivity index (χ2n) is 12.6. The predicted octanol–water partition coefficient (Wildman–Crippen LogP) is 6.70. The second kappa shape index (κ2) is 16.8. The minimum absolute atomic E-state index is 0.131. The number of nitro groups is 2. The molecule has 2 heterocycles. The number of ketones is 1. The number of non-ortho nitro benzene ring substituents is 2. The summed E-state index contributed by atoms with van der Waals surface area (Å²) in [6.45, 7) is 6.19. The molecule has 6 rings (SSSR count). The Hall–Kier alpha value is -6.03. The molecule has 13 nitrogen and oxygen atoms in total. The van der Waals surface area contributed by atoms with E-state index >= 15 is 0 Å². The van der Waals surface area contributed by atoms with E-state index in [4.69, 9.17) is 11.6 Å². The second-order valence-corrected chi connectivity index (χ2v) is 13.0. The van der Waals surface area contributed by atoms with Gasteiger partial charge in [-0.05, 0) is 67.9 Å². The first-order chi connectivity index (χ1) is 25.6. The number of Topliss-reactive ketones (excluding diaryl/α,β-unsaturated/α-hetero) is 1. The van der Waals surface area contributed by atoms with Crippen LogP contribution in [0.3, 0.4) is 0 Å². The van der Waals surface area contributed by atoms with Gasteiger partial charge in [0.25, 0.3) is 23.2 Å². The Labute approximate surface area is 312 Å². The Morgan fingerprint density at radius 3 is 1.67 bits per heavy atom. The number of benzene rings is 4. The fraction of sp³-hybridized carbons (Fsp3) is 0.270. The number of amides is 2. The third kappa shape index (κ3) is 8.94. The van der Waals surface area contributed by atoms with Crippen molar-refractivity contribution in [3.63, 3.8) is 0 Å². The molecule has 54 heavy (non-hydrogen) atoms. The molecule has 0 radical (unpaired) electrons. The molecule has 0 bridgehead atoms. The van der Waals surface area contributed by atoms with Crippen LogP contribution >= 0.6 is 11.6 Å². The molecule has 4 aromatic rings. The zero-order valence-electron chi connectivity index (χ0n) is 29.1. The Morgan fingerprint density at radius 2 is 1.13 bits per heavy atom. The van der Waals surface area contributed by atoms with Gasteiger partial charge in [0.15, 0.2) is 5.78 Å². The number of nitro benzene ring substituents is 2. The first-order valence-corrected chi connectivity index (χ1v) is 17.1. The van der Waals surface area contributed by atoms with Crippen LogP contribution in [0.15, 0.2) is 72.8 Å². The molecule has 0 unspecified atom stereocenters. The van der Waals surface area contributed by atoms with Crippen molar-refractivity contribution in [2.24, 2.45) is 0 Å². The standard InChI is InChI=1S/C20H19F2N3O4.C17H15ClFN3O3/c1-12-9-19(18(22)11-15(12)13(2)26)23-5-7-24(8-6-23)20(27)16-10-14(25(28)29)3-4-17(16)21;18-16-6-5-14(22(24)25)11-15(16)17(23)21-9-7-20(8-10-21)13-3-1-12(19)2-4-13/h3-4,9-11H,5-8H2,1-2H3;1-6,11H,7-10H2. The molecule has 2 fully saturated rings. The van der Waals surface area contributed by atoms with Crippen molar-refractivity contribution in [3.8, 4) is 0 Å². The highest BCUT2D eigenvalue weighted by Gasteiger charge is 2.28. The number of rotatable bonds is 7. The van der Waals surface area contributed by atoms with Crippen LogP contribution in [-0.4, -0.2) is 89.6 Å². The topological polar surface area (TPSA) is 150 Å². The van der Waals surface area contributed by atoms with E-state index in [9.17, 15) is 47.8 Å². The number of carbonyl (C=O) groups excluding carboxylic acids is 3. The lowest BCUT2D eigenvalue weighted by molar-refractivity contribution is -0.385. The normalized spacial score (nSPS) is 14.3. The Bertz CT molecular complexity index is 2100. The Kier molecular flexibility index (Phi) is 12.2. The van der Waals surface area contributed by atoms with E-state index in [1.165, 1.54) is 48.2 Å². The molecular weight excluding hydrogens is 733 g/mol. The van der Waals surface area contributed by atoms with E-state index in [1.807, 2.05) is 0 Å². The summed E-state index contributed by atoms with van der Waals surface area (Å²) in [7, 11) is 0. The quantitative estimate of drug-likeness (QED) is 0.114. The molecule has 2 amide bonds. The van der Waals surface area contributed by atoms with Gasteiger partial charge in [-0.2, -0.15) is 0 Å². The fourth-order valence-electron chi connectivity index (χ4n) is 6.18. The largest absolute Gasteiger partial charge is 0.368 e. The van der Waals surface area contributed by atoms with Crippen molar-refractivity contribution in [3.05, 3.63) is 138 Å². The van der Waals surface area contributed by atoms with Crippen molar-refractivity contribution < 1.29 is 37.4 Å². The molecule has 4 aromatic carbocycles. The number of halogens is 4. The minimum Gasteiger partial charge on any atom is -0.368 e. The number of anilines is 2. The van der Waals surface area contributed by atoms with E-state index in [1.54, 1.807) is 34.9 Å². The highest BCUT2D eigenvalue weighted by Crippen LogP contribution is 2.27. The van der Waals surface area contributed by atoms with Gasteiger partial charge in [0.2, 0.25) is 0 Å². The number of nitrogens with zero attached hydrogens (tertiary/aromatic N) is 6. The van der Waals surface area contributed by atoms with Gasteiger partial charge in [-0.1, -0.05) is 11.6 Å². The molecule has 2 aliphatic rings. The van der Waals surface area contributed by atoms with Crippen LogP contribution in [0.4, 0.5) is 35.9 Å². The van der Waals surface area contributed by atoms with Gasteiger partial charge in [-0.15, -0.1) is 0 Å². The monoisotopic (exact) mass is 766 g/mol. The number of aryl methyl sites for hydroxylation is 1. The summed E-state index contributed by atoms with van der Waals surface area (Å²) in [5.41, 5.74) is 1.44. The van der Waals surface area contributed by atoms with Crippen molar-refractivity contribution in [2.75, 3.05) is 62.2 Å². The van der Waals surface area contributed by atoms with Crippen molar-refractivity contribution >= 4 is 51.9 Å². The van der Waals surface area contributed by atoms with Crippen molar-refractivity contribution in [1.29, 1.82) is 0 Å². The molecule has 0 N–H and O–H groups in total. The number of hydrogen-bond donors (Lipinski definition) is 0. The van der Waals surface area contributed by atoms with Crippen LogP contribution in [0.5, 0.6) is 0 Å². The van der Waals surface area contributed by atoms with E-state index in [0.717, 1.165) is 23.9 Å². The highest BCUT2D eigenvalue weighted by molar-refractivity contribution is 6.34. The number of carbonyl (C=O) groups is 3. The van der Waals surface area contributed by atoms with Crippen LogP contribution in [0.1, 0.15) is 43.6 Å². The average molecular weight is 767 g/mol. The third-order valence-corrected chi connectivity index (χ3v) is 9.45. The molecule has 0 aromatic heterocycles. The SMILES string of the molecule is CC(=O)c1cc(F)c(N2CCN(C(=O)c3cc([N+](=O)[O-])ccc3F)CC2)cc1C.O=C(c1cc([N+](=O)[O-])ccc1Cl)N1CCN(c2ccc(F)cc2)CC1. The fourth-order valence-corrected chi connectivity index (χ4v) is 6.38. The van der Waals surface area contributed by atoms with E-state index in [0.29, 0.717) is 56.1 Å². The first kappa shape index (κ1) is 39.2. The summed E-state index contributed by atoms with van der Waals surface area (Å²) in [6.07, 6.45) is 0. The lowest BCUT2D eigenvalue weighted by Crippen LogP contribution is -2.49. The van der Waals surface area contributed by atoms with Crippen molar-refractivity contribution in [2.45, 2.75) is 13.8 Å². The summed E-state index contributed by atoms with van der Waals surface area (Å²) in [4.78, 5) is 64.1. The predicted molar refractivity (Wildman–Crippen MR) is 195 cm³/mol. The molecule has 2 aliphatic heterocycles. The van der Waals surface area contributed by atoms with Crippen LogP contribution in [-0.2, 0) is 0 Å². The van der Waals surface area contributed by atoms with Gasteiger partial charge in [-0.25, -0.2) is 13.2 Å². The molecule has 17 heteroatoms. The molecule has 0 aliphatic carbocycles. The smallest absolute Gasteiger partial charge is 0.270 e. The maximum atomic E-state index is 14.5. The van der Waals surface area contributed by atoms with Gasteiger partial charge in [-0.3, -0.25) is 34.6 Å². The number of piperazine rings is 2. The molecule has 0 atom stereocenters. The third-order valence-electron chi connectivity index (χ3n) is 9.12. The molecule has 2 saturated heterocycles. The van der Waals surface area contributed by atoms with E-state index in [2.05, 4.69) is 4.90 Å². The lowest BCUT2D eigenvalue weighted by atomic mass is 10.0. The summed E-state index contributed by atoms with van der Waals surface area (Å²) >= 11 is 6.04. The van der Waals surface area contributed by atoms with E-state index < -0.39 is 27.4 Å². The molecule has 282 valence electrons. The lowest BCUT2D eigenvalue weighted by Gasteiger charge is -2.36. The zero-order valence-corrected chi connectivity index (χ0v) is 29.9. The summed E-state index contributed by atoms with van der Waals surface area (Å²) < 4.78 is 41.5.